The first-order valence-electron chi connectivity index (χ1n) is 9.16. The zero-order valence-corrected chi connectivity index (χ0v) is 15.9. The van der Waals surface area contributed by atoms with Crippen molar-refractivity contribution in [3.63, 3.8) is 0 Å². The summed E-state index contributed by atoms with van der Waals surface area (Å²) in [6.07, 6.45) is 3.33. The third-order valence-corrected chi connectivity index (χ3v) is 5.18. The number of hydrogen-bond acceptors (Lipinski definition) is 6. The van der Waals surface area contributed by atoms with Gasteiger partial charge in [-0.1, -0.05) is 36.2 Å². The molecule has 0 spiro atoms. The molecule has 1 aliphatic rings. The number of tetrazole rings is 1. The van der Waals surface area contributed by atoms with Gasteiger partial charge in [0.25, 0.3) is 5.69 Å². The molecular formula is C19H19ClN6O2. The molecule has 0 bridgehead atoms. The van der Waals surface area contributed by atoms with Crippen LogP contribution in [0.15, 0.2) is 48.5 Å². The number of nitrogens with zero attached hydrogens (tertiary/aromatic N) is 6. The molecule has 0 N–H and O–H groups in total. The van der Waals surface area contributed by atoms with Crippen molar-refractivity contribution in [1.29, 1.82) is 0 Å². The van der Waals surface area contributed by atoms with E-state index in [9.17, 15) is 10.1 Å². The van der Waals surface area contributed by atoms with Crippen molar-refractivity contribution in [3.8, 4) is 5.69 Å². The van der Waals surface area contributed by atoms with Crippen LogP contribution >= 0.6 is 11.6 Å². The highest BCUT2D eigenvalue weighted by Gasteiger charge is 2.30. The van der Waals surface area contributed by atoms with Crippen LogP contribution in [0.2, 0.25) is 5.02 Å². The third-order valence-electron chi connectivity index (χ3n) is 4.94. The Hall–Kier alpha value is -2.84. The maximum Gasteiger partial charge on any atom is 0.269 e. The van der Waals surface area contributed by atoms with Gasteiger partial charge in [0.2, 0.25) is 0 Å². The largest absolute Gasteiger partial charge is 0.290 e. The molecule has 3 aromatic rings. The molecule has 144 valence electrons. The molecule has 0 saturated carbocycles. The fourth-order valence-corrected chi connectivity index (χ4v) is 3.85. The fourth-order valence-electron chi connectivity index (χ4n) is 3.66. The molecular weight excluding hydrogens is 380 g/mol. The zero-order valence-electron chi connectivity index (χ0n) is 15.1. The van der Waals surface area contributed by atoms with Gasteiger partial charge in [-0.25, -0.2) is 0 Å². The van der Waals surface area contributed by atoms with Crippen LogP contribution in [0.4, 0.5) is 5.69 Å². The van der Waals surface area contributed by atoms with Gasteiger partial charge < -0.3 is 0 Å². The van der Waals surface area contributed by atoms with E-state index in [1.165, 1.54) is 12.5 Å². The molecule has 9 heteroatoms. The summed E-state index contributed by atoms with van der Waals surface area (Å²) in [5.74, 6) is 0.615. The second kappa shape index (κ2) is 8.04. The van der Waals surface area contributed by atoms with Gasteiger partial charge in [0.05, 0.1) is 16.7 Å². The molecule has 1 aliphatic heterocycles. The predicted octanol–water partition coefficient (Wildman–Crippen LogP) is 3.80. The number of benzene rings is 2. The molecule has 0 amide bonds. The number of hydrogen-bond donors (Lipinski definition) is 0. The van der Waals surface area contributed by atoms with Gasteiger partial charge in [-0.05, 0) is 60.1 Å². The van der Waals surface area contributed by atoms with Crippen molar-refractivity contribution in [2.75, 3.05) is 13.1 Å². The van der Waals surface area contributed by atoms with Gasteiger partial charge in [-0.3, -0.25) is 15.0 Å². The summed E-state index contributed by atoms with van der Waals surface area (Å²) in [7, 11) is 0. The van der Waals surface area contributed by atoms with E-state index in [0.717, 1.165) is 37.2 Å². The van der Waals surface area contributed by atoms with Gasteiger partial charge >= 0.3 is 0 Å². The highest BCUT2D eigenvalue weighted by Crippen LogP contribution is 2.32. The maximum atomic E-state index is 11.3. The number of aromatic nitrogens is 4. The van der Waals surface area contributed by atoms with Crippen LogP contribution in [-0.2, 0) is 0 Å². The summed E-state index contributed by atoms with van der Waals surface area (Å²) in [5.41, 5.74) is 1.61. The van der Waals surface area contributed by atoms with E-state index < -0.39 is 0 Å². The summed E-state index contributed by atoms with van der Waals surface area (Å²) < 4.78 is 1.66. The first-order chi connectivity index (χ1) is 13.6. The summed E-state index contributed by atoms with van der Waals surface area (Å²) in [4.78, 5) is 13.2. The van der Waals surface area contributed by atoms with E-state index in [1.54, 1.807) is 28.9 Å². The van der Waals surface area contributed by atoms with Crippen LogP contribution in [0.1, 0.15) is 36.7 Å². The van der Waals surface area contributed by atoms with Crippen molar-refractivity contribution in [2.45, 2.75) is 25.3 Å². The molecule has 2 heterocycles. The second-order valence-corrected chi connectivity index (χ2v) is 7.22. The highest BCUT2D eigenvalue weighted by molar-refractivity contribution is 6.30. The Kier molecular flexibility index (Phi) is 5.31. The standard InChI is InChI=1S/C19H19ClN6O2/c20-15-7-5-8-16(13-15)25-19(21-22-23-25)18(24-10-2-1-3-11-24)14-6-4-9-17(12-14)26(27)28/h4-9,12-13,18H,1-3,10-11H2. The Morgan fingerprint density at radius 1 is 1.07 bits per heavy atom. The molecule has 0 aliphatic carbocycles. The molecule has 28 heavy (non-hydrogen) atoms. The van der Waals surface area contributed by atoms with Gasteiger partial charge in [0.15, 0.2) is 5.82 Å². The van der Waals surface area contributed by atoms with Crippen molar-refractivity contribution in [2.24, 2.45) is 0 Å². The van der Waals surface area contributed by atoms with E-state index in [4.69, 9.17) is 11.6 Å². The first-order valence-corrected chi connectivity index (χ1v) is 9.54. The van der Waals surface area contributed by atoms with E-state index in [0.29, 0.717) is 10.8 Å². The van der Waals surface area contributed by atoms with Gasteiger partial charge in [-0.15, -0.1) is 5.10 Å². The van der Waals surface area contributed by atoms with E-state index >= 15 is 0 Å². The lowest BCUT2D eigenvalue weighted by Gasteiger charge is -2.33. The average Bonchev–Trinajstić information content (AvgIpc) is 3.19. The summed E-state index contributed by atoms with van der Waals surface area (Å²) in [6.45, 7) is 1.77. The predicted molar refractivity (Wildman–Crippen MR) is 105 cm³/mol. The third kappa shape index (κ3) is 3.74. The van der Waals surface area contributed by atoms with E-state index in [1.807, 2.05) is 18.2 Å². The van der Waals surface area contributed by atoms with Gasteiger partial charge in [-0.2, -0.15) is 4.68 Å². The zero-order chi connectivity index (χ0) is 19.5. The number of rotatable bonds is 5. The number of non-ortho nitro benzene ring substituents is 1. The lowest BCUT2D eigenvalue weighted by molar-refractivity contribution is -0.384. The van der Waals surface area contributed by atoms with Crippen LogP contribution in [0.3, 0.4) is 0 Å². The van der Waals surface area contributed by atoms with Crippen LogP contribution in [-0.4, -0.2) is 43.1 Å². The summed E-state index contributed by atoms with van der Waals surface area (Å²) in [6, 6.07) is 13.7. The molecule has 2 aromatic carbocycles. The Balaban J connectivity index is 1.82. The number of likely N-dealkylation sites (tertiary alicyclic amines) is 1. The number of halogens is 1. The molecule has 1 fully saturated rings. The normalized spacial score (nSPS) is 16.0. The number of nitro groups is 1. The van der Waals surface area contributed by atoms with Crippen LogP contribution in [0.5, 0.6) is 0 Å². The van der Waals surface area contributed by atoms with Crippen LogP contribution in [0, 0.1) is 10.1 Å². The number of piperidine rings is 1. The average molecular weight is 399 g/mol. The van der Waals surface area contributed by atoms with Gasteiger partial charge in [0.1, 0.15) is 0 Å². The topological polar surface area (TPSA) is 90.0 Å². The van der Waals surface area contributed by atoms with Crippen molar-refractivity contribution < 1.29 is 4.92 Å². The Morgan fingerprint density at radius 3 is 2.61 bits per heavy atom. The Labute approximate surface area is 166 Å². The fraction of sp³-hybridized carbons (Fsp3) is 0.316. The molecule has 1 saturated heterocycles. The minimum atomic E-state index is -0.378. The molecule has 8 nitrogen and oxygen atoms in total. The number of nitro benzene ring substituents is 1. The van der Waals surface area contributed by atoms with E-state index in [-0.39, 0.29) is 16.7 Å². The molecule has 1 aromatic heterocycles. The quantitative estimate of drug-likeness (QED) is 0.479. The monoisotopic (exact) mass is 398 g/mol. The summed E-state index contributed by atoms with van der Waals surface area (Å²) in [5, 5.41) is 24.2. The molecule has 0 radical (unpaired) electrons. The minimum absolute atomic E-state index is 0.0567. The van der Waals surface area contributed by atoms with E-state index in [2.05, 4.69) is 20.4 Å². The smallest absolute Gasteiger partial charge is 0.269 e. The van der Waals surface area contributed by atoms with Crippen LogP contribution in [0.25, 0.3) is 5.69 Å². The van der Waals surface area contributed by atoms with Crippen molar-refractivity contribution >= 4 is 17.3 Å². The molecule has 1 atom stereocenters. The summed E-state index contributed by atoms with van der Waals surface area (Å²) >= 11 is 6.15. The Bertz CT molecular complexity index is 986. The Morgan fingerprint density at radius 2 is 1.86 bits per heavy atom. The molecule has 4 rings (SSSR count). The lowest BCUT2D eigenvalue weighted by Crippen LogP contribution is -2.36. The van der Waals surface area contributed by atoms with Crippen molar-refractivity contribution in [1.82, 2.24) is 25.1 Å². The minimum Gasteiger partial charge on any atom is -0.290 e. The second-order valence-electron chi connectivity index (χ2n) is 6.78. The van der Waals surface area contributed by atoms with Crippen LogP contribution < -0.4 is 0 Å². The highest BCUT2D eigenvalue weighted by atomic mass is 35.5. The SMILES string of the molecule is O=[N+]([O-])c1cccc(C(c2nnnn2-c2cccc(Cl)c2)N2CCCCC2)c1. The maximum absolute atomic E-state index is 11.3. The molecule has 1 unspecified atom stereocenters. The van der Waals surface area contributed by atoms with Gasteiger partial charge in [0, 0.05) is 17.2 Å². The van der Waals surface area contributed by atoms with Crippen molar-refractivity contribution in [3.05, 3.63) is 75.1 Å². The lowest BCUT2D eigenvalue weighted by atomic mass is 10.00. The first kappa shape index (κ1) is 18.5.